The third-order valence-electron chi connectivity index (χ3n) is 3.57. The van der Waals surface area contributed by atoms with Gasteiger partial charge in [0, 0.05) is 18.7 Å². The molecular weight excluding hydrogens is 364 g/mol. The number of likely N-dealkylation sites (N-methyl/N-ethyl adjacent to an activating group) is 1. The molecule has 0 aliphatic rings. The van der Waals surface area contributed by atoms with E-state index in [1.165, 1.54) is 43.5 Å². The number of rotatable bonds is 5. The van der Waals surface area contributed by atoms with Gasteiger partial charge in [-0.25, -0.2) is 4.39 Å². The Morgan fingerprint density at radius 2 is 1.70 bits per heavy atom. The fourth-order valence-electron chi connectivity index (χ4n) is 2.22. The van der Waals surface area contributed by atoms with Crippen molar-refractivity contribution in [3.05, 3.63) is 71.6 Å². The van der Waals surface area contributed by atoms with E-state index in [2.05, 4.69) is 5.32 Å². The normalized spacial score (nSPS) is 11.4. The predicted octanol–water partition coefficient (Wildman–Crippen LogP) is 3.95. The van der Waals surface area contributed by atoms with E-state index in [0.717, 1.165) is 23.1 Å². The number of hydrogen-bond donors (Lipinski definition) is 1. The summed E-state index contributed by atoms with van der Waals surface area (Å²) in [6, 6.07) is 10.4. The maximum absolute atomic E-state index is 13.5. The fourth-order valence-corrected chi connectivity index (χ4v) is 2.22. The van der Waals surface area contributed by atoms with E-state index < -0.39 is 41.6 Å². The first-order chi connectivity index (χ1) is 12.7. The zero-order valence-electron chi connectivity index (χ0n) is 14.3. The molecule has 0 bridgehead atoms. The molecule has 0 aromatic heterocycles. The molecule has 0 aliphatic carbocycles. The summed E-state index contributed by atoms with van der Waals surface area (Å²) >= 11 is 0. The average Bonchev–Trinajstić information content (AvgIpc) is 2.60. The van der Waals surface area contributed by atoms with Gasteiger partial charge in [-0.3, -0.25) is 9.59 Å². The van der Waals surface area contributed by atoms with Gasteiger partial charge in [0.25, 0.3) is 0 Å². The molecule has 0 radical (unpaired) electrons. The number of alkyl halides is 3. The predicted molar refractivity (Wildman–Crippen MR) is 93.1 cm³/mol. The first kappa shape index (κ1) is 20.2. The highest BCUT2D eigenvalue weighted by Crippen LogP contribution is 2.34. The van der Waals surface area contributed by atoms with Crippen LogP contribution in [0.15, 0.2) is 54.6 Å². The summed E-state index contributed by atoms with van der Waals surface area (Å²) in [7, 11) is 1.31. The van der Waals surface area contributed by atoms with Gasteiger partial charge in [0.1, 0.15) is 5.82 Å². The van der Waals surface area contributed by atoms with Crippen LogP contribution in [-0.2, 0) is 15.8 Å². The summed E-state index contributed by atoms with van der Waals surface area (Å²) in [4.78, 5) is 25.0. The first-order valence-electron chi connectivity index (χ1n) is 7.82. The van der Waals surface area contributed by atoms with Crippen molar-refractivity contribution in [2.24, 2.45) is 0 Å². The quantitative estimate of drug-likeness (QED) is 0.631. The van der Waals surface area contributed by atoms with Gasteiger partial charge in [-0.15, -0.1) is 0 Å². The van der Waals surface area contributed by atoms with Crippen LogP contribution < -0.4 is 5.32 Å². The van der Waals surface area contributed by atoms with Crippen LogP contribution in [0, 0.1) is 5.82 Å². The number of hydrogen-bond acceptors (Lipinski definition) is 2. The second-order valence-electron chi connectivity index (χ2n) is 5.64. The number of para-hydroxylation sites is 1. The summed E-state index contributed by atoms with van der Waals surface area (Å²) in [5, 5.41) is 2.15. The Morgan fingerprint density at radius 3 is 2.37 bits per heavy atom. The van der Waals surface area contributed by atoms with Crippen LogP contribution in [0.25, 0.3) is 6.08 Å². The minimum Gasteiger partial charge on any atom is -0.333 e. The van der Waals surface area contributed by atoms with E-state index in [1.807, 2.05) is 0 Å². The van der Waals surface area contributed by atoms with Gasteiger partial charge < -0.3 is 10.2 Å². The Kier molecular flexibility index (Phi) is 6.33. The molecule has 8 heteroatoms. The van der Waals surface area contributed by atoms with Crippen LogP contribution in [0.5, 0.6) is 0 Å². The van der Waals surface area contributed by atoms with Crippen molar-refractivity contribution >= 4 is 23.6 Å². The number of benzene rings is 2. The Labute approximate surface area is 153 Å². The number of amides is 2. The third kappa shape index (κ3) is 5.67. The topological polar surface area (TPSA) is 49.4 Å². The molecule has 0 saturated carbocycles. The zero-order chi connectivity index (χ0) is 20.0. The van der Waals surface area contributed by atoms with Crippen LogP contribution in [0.1, 0.15) is 11.1 Å². The number of halogens is 4. The molecule has 0 heterocycles. The van der Waals surface area contributed by atoms with Crippen molar-refractivity contribution < 1.29 is 27.2 Å². The van der Waals surface area contributed by atoms with E-state index >= 15 is 0 Å². The molecule has 2 rings (SSSR count). The maximum atomic E-state index is 13.5. The number of carbonyl (C=O) groups excluding carboxylic acids is 2. The standard InChI is InChI=1S/C19H16F4N2O2/c1-25(18(27)11-10-13-6-2-4-8-15(13)20)12-17(26)24-16-9-5-3-7-14(16)19(21,22)23/h2-11H,12H2,1H3,(H,24,26)/b11-10+. The molecule has 0 unspecified atom stereocenters. The highest BCUT2D eigenvalue weighted by atomic mass is 19.4. The van der Waals surface area contributed by atoms with Gasteiger partial charge in [-0.05, 0) is 24.3 Å². The summed E-state index contributed by atoms with van der Waals surface area (Å²) in [5.41, 5.74) is -1.17. The van der Waals surface area contributed by atoms with Crippen LogP contribution >= 0.6 is 0 Å². The van der Waals surface area contributed by atoms with Gasteiger partial charge in [0.15, 0.2) is 0 Å². The number of carbonyl (C=O) groups is 2. The summed E-state index contributed by atoms with van der Waals surface area (Å²) < 4.78 is 52.3. The minimum atomic E-state index is -4.62. The van der Waals surface area contributed by atoms with Crippen molar-refractivity contribution in [1.82, 2.24) is 4.90 Å². The maximum Gasteiger partial charge on any atom is 0.418 e. The molecule has 0 spiro atoms. The third-order valence-corrected chi connectivity index (χ3v) is 3.57. The lowest BCUT2D eigenvalue weighted by Gasteiger charge is -2.17. The lowest BCUT2D eigenvalue weighted by atomic mass is 10.1. The molecule has 0 fully saturated rings. The first-order valence-corrected chi connectivity index (χ1v) is 7.82. The molecule has 0 saturated heterocycles. The van der Waals surface area contributed by atoms with E-state index in [-0.39, 0.29) is 5.56 Å². The molecule has 142 valence electrons. The van der Waals surface area contributed by atoms with Crippen LogP contribution in [0.4, 0.5) is 23.2 Å². The van der Waals surface area contributed by atoms with Gasteiger partial charge in [0.05, 0.1) is 17.8 Å². The lowest BCUT2D eigenvalue weighted by Crippen LogP contribution is -2.34. The highest BCUT2D eigenvalue weighted by molar-refractivity contribution is 5.98. The van der Waals surface area contributed by atoms with Crippen LogP contribution in [0.2, 0.25) is 0 Å². The van der Waals surface area contributed by atoms with Crippen LogP contribution in [-0.4, -0.2) is 30.3 Å². The summed E-state index contributed by atoms with van der Waals surface area (Å²) in [6.07, 6.45) is -2.28. The van der Waals surface area contributed by atoms with Crippen LogP contribution in [0.3, 0.4) is 0 Å². The van der Waals surface area contributed by atoms with Gasteiger partial charge in [-0.1, -0.05) is 30.3 Å². The Bertz CT molecular complexity index is 863. The van der Waals surface area contributed by atoms with E-state index in [9.17, 15) is 27.2 Å². The van der Waals surface area contributed by atoms with Crippen molar-refractivity contribution in [3.8, 4) is 0 Å². The largest absolute Gasteiger partial charge is 0.418 e. The van der Waals surface area contributed by atoms with Crippen molar-refractivity contribution in [2.45, 2.75) is 6.18 Å². The van der Waals surface area contributed by atoms with E-state index in [0.29, 0.717) is 0 Å². The highest BCUT2D eigenvalue weighted by Gasteiger charge is 2.33. The molecule has 27 heavy (non-hydrogen) atoms. The number of nitrogens with zero attached hydrogens (tertiary/aromatic N) is 1. The number of anilines is 1. The molecule has 2 aromatic carbocycles. The van der Waals surface area contributed by atoms with Gasteiger partial charge in [0.2, 0.25) is 11.8 Å². The van der Waals surface area contributed by atoms with Crippen molar-refractivity contribution in [3.63, 3.8) is 0 Å². The lowest BCUT2D eigenvalue weighted by molar-refractivity contribution is -0.137. The Balaban J connectivity index is 2.00. The molecule has 2 amide bonds. The average molecular weight is 380 g/mol. The molecular formula is C19H16F4N2O2. The smallest absolute Gasteiger partial charge is 0.333 e. The monoisotopic (exact) mass is 380 g/mol. The molecule has 2 aromatic rings. The minimum absolute atomic E-state index is 0.197. The second-order valence-corrected chi connectivity index (χ2v) is 5.64. The Morgan fingerprint density at radius 1 is 1.07 bits per heavy atom. The molecule has 4 nitrogen and oxygen atoms in total. The zero-order valence-corrected chi connectivity index (χ0v) is 14.3. The Hall–Kier alpha value is -3.16. The van der Waals surface area contributed by atoms with Crippen molar-refractivity contribution in [2.75, 3.05) is 18.9 Å². The van der Waals surface area contributed by atoms with Crippen molar-refractivity contribution in [1.29, 1.82) is 0 Å². The van der Waals surface area contributed by atoms with E-state index in [4.69, 9.17) is 0 Å². The SMILES string of the molecule is CN(CC(=O)Nc1ccccc1C(F)(F)F)C(=O)/C=C/c1ccccc1F. The van der Waals surface area contributed by atoms with Gasteiger partial charge >= 0.3 is 6.18 Å². The molecule has 0 atom stereocenters. The van der Waals surface area contributed by atoms with Gasteiger partial charge in [-0.2, -0.15) is 13.2 Å². The molecule has 1 N–H and O–H groups in total. The molecule has 0 aliphatic heterocycles. The fraction of sp³-hybridized carbons (Fsp3) is 0.158. The second kappa shape index (κ2) is 8.48. The number of nitrogens with one attached hydrogen (secondary N) is 1. The summed E-state index contributed by atoms with van der Waals surface area (Å²) in [6.45, 7) is -0.466. The summed E-state index contributed by atoms with van der Waals surface area (Å²) in [5.74, 6) is -1.90. The van der Waals surface area contributed by atoms with E-state index in [1.54, 1.807) is 6.07 Å².